The van der Waals surface area contributed by atoms with Crippen LogP contribution in [0, 0.1) is 0 Å². The Morgan fingerprint density at radius 3 is 2.50 bits per heavy atom. The SMILES string of the molecule is CON(C)C(=O)[C@@H](N)[C@H](O)c1ccccc1. The number of hydrogen-bond donors (Lipinski definition) is 2. The smallest absolute Gasteiger partial charge is 0.265 e. The highest BCUT2D eigenvalue weighted by Gasteiger charge is 2.26. The molecule has 0 aliphatic heterocycles. The third-order valence-electron chi connectivity index (χ3n) is 2.35. The largest absolute Gasteiger partial charge is 0.386 e. The molecular weight excluding hydrogens is 208 g/mol. The highest BCUT2D eigenvalue weighted by molar-refractivity contribution is 5.81. The molecule has 5 heteroatoms. The van der Waals surface area contributed by atoms with Crippen LogP contribution in [0.15, 0.2) is 30.3 Å². The van der Waals surface area contributed by atoms with Gasteiger partial charge >= 0.3 is 0 Å². The molecule has 1 aromatic rings. The zero-order valence-electron chi connectivity index (χ0n) is 9.33. The van der Waals surface area contributed by atoms with Crippen LogP contribution >= 0.6 is 0 Å². The van der Waals surface area contributed by atoms with E-state index in [1.54, 1.807) is 24.3 Å². The lowest BCUT2D eigenvalue weighted by atomic mass is 10.0. The van der Waals surface area contributed by atoms with Gasteiger partial charge in [-0.2, -0.15) is 0 Å². The summed E-state index contributed by atoms with van der Waals surface area (Å²) in [5, 5.41) is 10.9. The molecule has 0 saturated carbocycles. The molecule has 1 amide bonds. The first-order chi connectivity index (χ1) is 7.57. The van der Waals surface area contributed by atoms with E-state index >= 15 is 0 Å². The number of hydroxylamine groups is 2. The topological polar surface area (TPSA) is 75.8 Å². The van der Waals surface area contributed by atoms with Gasteiger partial charge in [0.15, 0.2) is 0 Å². The molecule has 2 atom stereocenters. The van der Waals surface area contributed by atoms with Crippen LogP contribution in [0.25, 0.3) is 0 Å². The molecule has 5 nitrogen and oxygen atoms in total. The molecule has 88 valence electrons. The molecule has 3 N–H and O–H groups in total. The molecule has 0 spiro atoms. The molecular formula is C11H16N2O3. The number of benzene rings is 1. The molecule has 0 aliphatic rings. The highest BCUT2D eigenvalue weighted by atomic mass is 16.7. The standard InChI is InChI=1S/C11H16N2O3/c1-13(16-2)11(15)9(12)10(14)8-6-4-3-5-7-8/h3-7,9-10,14H,12H2,1-2H3/t9-,10+/m0/s1. The lowest BCUT2D eigenvalue weighted by molar-refractivity contribution is -0.172. The van der Waals surface area contributed by atoms with Crippen molar-refractivity contribution in [2.75, 3.05) is 14.2 Å². The molecule has 0 aliphatic carbocycles. The molecule has 1 aromatic carbocycles. The third-order valence-corrected chi connectivity index (χ3v) is 2.35. The van der Waals surface area contributed by atoms with Gasteiger partial charge in [0.05, 0.1) is 7.11 Å². The van der Waals surface area contributed by atoms with Crippen LogP contribution in [-0.4, -0.2) is 36.3 Å². The quantitative estimate of drug-likeness (QED) is 0.709. The van der Waals surface area contributed by atoms with E-state index in [9.17, 15) is 9.90 Å². The minimum Gasteiger partial charge on any atom is -0.386 e. The van der Waals surface area contributed by atoms with E-state index in [0.29, 0.717) is 5.56 Å². The number of nitrogens with two attached hydrogens (primary N) is 1. The van der Waals surface area contributed by atoms with Crippen LogP contribution in [0.2, 0.25) is 0 Å². The maximum atomic E-state index is 11.6. The van der Waals surface area contributed by atoms with Gasteiger partial charge in [0.2, 0.25) is 0 Å². The summed E-state index contributed by atoms with van der Waals surface area (Å²) in [7, 11) is 2.80. The summed E-state index contributed by atoms with van der Waals surface area (Å²) in [5.41, 5.74) is 6.25. The van der Waals surface area contributed by atoms with Crippen LogP contribution < -0.4 is 5.73 Å². The molecule has 0 heterocycles. The average Bonchev–Trinajstić information content (AvgIpc) is 2.36. The van der Waals surface area contributed by atoms with Gasteiger partial charge in [-0.3, -0.25) is 9.63 Å². The van der Waals surface area contributed by atoms with Crippen molar-refractivity contribution in [1.82, 2.24) is 5.06 Å². The Kier molecular flexibility index (Phi) is 4.42. The molecule has 16 heavy (non-hydrogen) atoms. The summed E-state index contributed by atoms with van der Waals surface area (Å²) in [6.07, 6.45) is -1.04. The van der Waals surface area contributed by atoms with Gasteiger partial charge in [0, 0.05) is 7.05 Å². The summed E-state index contributed by atoms with van der Waals surface area (Å²) in [6, 6.07) is 7.76. The highest BCUT2D eigenvalue weighted by Crippen LogP contribution is 2.16. The van der Waals surface area contributed by atoms with Crippen molar-refractivity contribution in [3.8, 4) is 0 Å². The van der Waals surface area contributed by atoms with E-state index in [0.717, 1.165) is 5.06 Å². The van der Waals surface area contributed by atoms with Gasteiger partial charge < -0.3 is 10.8 Å². The lowest BCUT2D eigenvalue weighted by Gasteiger charge is -2.22. The van der Waals surface area contributed by atoms with Crippen molar-refractivity contribution in [2.45, 2.75) is 12.1 Å². The van der Waals surface area contributed by atoms with Crippen LogP contribution in [0.1, 0.15) is 11.7 Å². The fraction of sp³-hybridized carbons (Fsp3) is 0.364. The fourth-order valence-electron chi connectivity index (χ4n) is 1.29. The summed E-state index contributed by atoms with van der Waals surface area (Å²) in [6.45, 7) is 0. The van der Waals surface area contributed by atoms with Crippen molar-refractivity contribution in [1.29, 1.82) is 0 Å². The Labute approximate surface area is 94.4 Å². The molecule has 0 radical (unpaired) electrons. The van der Waals surface area contributed by atoms with Crippen molar-refractivity contribution in [3.63, 3.8) is 0 Å². The van der Waals surface area contributed by atoms with Crippen molar-refractivity contribution in [3.05, 3.63) is 35.9 Å². The van der Waals surface area contributed by atoms with Crippen molar-refractivity contribution >= 4 is 5.91 Å². The fourth-order valence-corrected chi connectivity index (χ4v) is 1.29. The van der Waals surface area contributed by atoms with Crippen LogP contribution in [0.4, 0.5) is 0 Å². The van der Waals surface area contributed by atoms with Gasteiger partial charge in [-0.05, 0) is 5.56 Å². The summed E-state index contributed by atoms with van der Waals surface area (Å²) in [5.74, 6) is -0.473. The molecule has 0 aromatic heterocycles. The molecule has 0 fully saturated rings. The Balaban J connectivity index is 2.75. The predicted octanol–water partition coefficient (Wildman–Crippen LogP) is 0.0671. The van der Waals surface area contributed by atoms with E-state index in [2.05, 4.69) is 0 Å². The molecule has 1 rings (SSSR count). The number of likely N-dealkylation sites (N-methyl/N-ethyl adjacent to an activating group) is 1. The average molecular weight is 224 g/mol. The second kappa shape index (κ2) is 5.60. The Morgan fingerprint density at radius 2 is 2.00 bits per heavy atom. The van der Waals surface area contributed by atoms with E-state index in [1.807, 2.05) is 6.07 Å². The lowest BCUT2D eigenvalue weighted by Crippen LogP contribution is -2.45. The minimum atomic E-state index is -1.04. The number of amides is 1. The second-order valence-corrected chi connectivity index (χ2v) is 3.40. The van der Waals surface area contributed by atoms with Crippen LogP contribution in [0.5, 0.6) is 0 Å². The third kappa shape index (κ3) is 2.79. The monoisotopic (exact) mass is 224 g/mol. The maximum Gasteiger partial charge on any atom is 0.265 e. The molecule has 0 bridgehead atoms. The molecule has 0 unspecified atom stereocenters. The zero-order valence-corrected chi connectivity index (χ0v) is 9.33. The number of carbonyl (C=O) groups is 1. The minimum absolute atomic E-state index is 0.473. The van der Waals surface area contributed by atoms with Gasteiger partial charge in [-0.15, -0.1) is 0 Å². The van der Waals surface area contributed by atoms with Gasteiger partial charge in [0.25, 0.3) is 5.91 Å². The first-order valence-corrected chi connectivity index (χ1v) is 4.88. The van der Waals surface area contributed by atoms with Gasteiger partial charge in [0.1, 0.15) is 12.1 Å². The van der Waals surface area contributed by atoms with Crippen LogP contribution in [-0.2, 0) is 9.63 Å². The van der Waals surface area contributed by atoms with E-state index in [1.165, 1.54) is 14.2 Å². The van der Waals surface area contributed by atoms with E-state index < -0.39 is 18.1 Å². The Morgan fingerprint density at radius 1 is 1.44 bits per heavy atom. The van der Waals surface area contributed by atoms with Crippen molar-refractivity contribution in [2.24, 2.45) is 5.73 Å². The van der Waals surface area contributed by atoms with Gasteiger partial charge in [-0.25, -0.2) is 5.06 Å². The number of aliphatic hydroxyl groups excluding tert-OH is 1. The Hall–Kier alpha value is -1.43. The predicted molar refractivity (Wildman–Crippen MR) is 59.2 cm³/mol. The number of nitrogens with zero attached hydrogens (tertiary/aromatic N) is 1. The maximum absolute atomic E-state index is 11.6. The zero-order chi connectivity index (χ0) is 12.1. The van der Waals surface area contributed by atoms with Crippen LogP contribution in [0.3, 0.4) is 0 Å². The second-order valence-electron chi connectivity index (χ2n) is 3.40. The summed E-state index contributed by atoms with van der Waals surface area (Å²) in [4.78, 5) is 16.3. The van der Waals surface area contributed by atoms with Gasteiger partial charge in [-0.1, -0.05) is 30.3 Å². The number of rotatable bonds is 4. The molecule has 0 saturated heterocycles. The first-order valence-electron chi connectivity index (χ1n) is 4.88. The summed E-state index contributed by atoms with van der Waals surface area (Å²) >= 11 is 0. The summed E-state index contributed by atoms with van der Waals surface area (Å²) < 4.78 is 0. The normalized spacial score (nSPS) is 14.2. The van der Waals surface area contributed by atoms with E-state index in [4.69, 9.17) is 10.6 Å². The van der Waals surface area contributed by atoms with Crippen molar-refractivity contribution < 1.29 is 14.7 Å². The number of aliphatic hydroxyl groups is 1. The van der Waals surface area contributed by atoms with E-state index in [-0.39, 0.29) is 0 Å². The number of carbonyl (C=O) groups excluding carboxylic acids is 1. The number of hydrogen-bond acceptors (Lipinski definition) is 4. The Bertz CT molecular complexity index is 342. The first kappa shape index (κ1) is 12.6.